The highest BCUT2D eigenvalue weighted by Crippen LogP contribution is 2.13. The van der Waals surface area contributed by atoms with Crippen LogP contribution >= 0.6 is 0 Å². The molecular weight excluding hydrogens is 324 g/mol. The Balaban J connectivity index is 2.00. The van der Waals surface area contributed by atoms with Gasteiger partial charge in [0, 0.05) is 38.3 Å². The molecule has 24 heavy (non-hydrogen) atoms. The summed E-state index contributed by atoms with van der Waals surface area (Å²) in [4.78, 5) is 35.7. The van der Waals surface area contributed by atoms with E-state index in [-0.39, 0.29) is 17.7 Å². The van der Waals surface area contributed by atoms with E-state index in [0.717, 1.165) is 38.3 Å². The van der Waals surface area contributed by atoms with Crippen LogP contribution in [0.3, 0.4) is 0 Å². The average Bonchev–Trinajstić information content (AvgIpc) is 2.83. The topological polar surface area (TPSA) is 75.7 Å². The Bertz CT molecular complexity index is 459. The predicted molar refractivity (Wildman–Crippen MR) is 95.9 cm³/mol. The van der Waals surface area contributed by atoms with Crippen molar-refractivity contribution in [2.45, 2.75) is 58.2 Å². The van der Waals surface area contributed by atoms with E-state index in [1.54, 1.807) is 0 Å². The molecule has 0 aromatic rings. The molecule has 0 spiro atoms. The van der Waals surface area contributed by atoms with Crippen LogP contribution in [-0.4, -0.2) is 50.6 Å². The lowest BCUT2D eigenvalue weighted by Crippen LogP contribution is -2.32. The highest BCUT2D eigenvalue weighted by Gasteiger charge is 2.22. The molecule has 6 nitrogen and oxygen atoms in total. The Morgan fingerprint density at radius 1 is 1.12 bits per heavy atom. The summed E-state index contributed by atoms with van der Waals surface area (Å²) in [5.74, 6) is -0.409. The summed E-state index contributed by atoms with van der Waals surface area (Å²) in [7, 11) is -1.55. The second kappa shape index (κ2) is 10.4. The smallest absolute Gasteiger partial charge is 0.253 e. The van der Waals surface area contributed by atoms with Crippen LogP contribution in [0.1, 0.15) is 39.0 Å². The Labute approximate surface area is 145 Å². The van der Waals surface area contributed by atoms with Gasteiger partial charge >= 0.3 is 0 Å². The molecule has 0 radical (unpaired) electrons. The first-order valence-corrected chi connectivity index (χ1v) is 11.9. The first-order chi connectivity index (χ1) is 11.4. The minimum atomic E-state index is -1.55. The van der Waals surface area contributed by atoms with Crippen molar-refractivity contribution in [2.24, 2.45) is 0 Å². The molecule has 0 saturated carbocycles. The SMILES string of the molecule is CCO[Si](C)(C)CCCNC(=O)CCCCCN1C(=O)C=CC1=O. The zero-order valence-corrected chi connectivity index (χ0v) is 16.1. The van der Waals surface area contributed by atoms with Crippen molar-refractivity contribution in [1.82, 2.24) is 10.2 Å². The summed E-state index contributed by atoms with van der Waals surface area (Å²) in [5.41, 5.74) is 0. The van der Waals surface area contributed by atoms with Gasteiger partial charge in [0.25, 0.3) is 11.8 Å². The Morgan fingerprint density at radius 3 is 2.42 bits per heavy atom. The van der Waals surface area contributed by atoms with Crippen molar-refractivity contribution in [2.75, 3.05) is 19.7 Å². The van der Waals surface area contributed by atoms with Gasteiger partial charge < -0.3 is 9.74 Å². The number of nitrogens with one attached hydrogen (secondary N) is 1. The summed E-state index contributed by atoms with van der Waals surface area (Å²) in [6.07, 6.45) is 6.38. The van der Waals surface area contributed by atoms with E-state index in [1.165, 1.54) is 17.1 Å². The quantitative estimate of drug-likeness (QED) is 0.331. The maximum Gasteiger partial charge on any atom is 0.253 e. The molecule has 0 aromatic carbocycles. The number of carbonyl (C=O) groups excluding carboxylic acids is 3. The van der Waals surface area contributed by atoms with Crippen LogP contribution < -0.4 is 5.32 Å². The molecule has 1 heterocycles. The highest BCUT2D eigenvalue weighted by atomic mass is 28.4. The number of nitrogens with zero attached hydrogens (tertiary/aromatic N) is 1. The lowest BCUT2D eigenvalue weighted by atomic mass is 10.2. The molecule has 7 heteroatoms. The molecule has 0 bridgehead atoms. The van der Waals surface area contributed by atoms with Gasteiger partial charge in [-0.3, -0.25) is 19.3 Å². The van der Waals surface area contributed by atoms with E-state index in [1.807, 2.05) is 6.92 Å². The summed E-state index contributed by atoms with van der Waals surface area (Å²) >= 11 is 0. The minimum absolute atomic E-state index is 0.0703. The van der Waals surface area contributed by atoms with Crippen LogP contribution in [0, 0.1) is 0 Å². The first kappa shape index (κ1) is 20.6. The number of unbranched alkanes of at least 4 members (excludes halogenated alkanes) is 2. The van der Waals surface area contributed by atoms with Gasteiger partial charge in [0.1, 0.15) is 0 Å². The normalized spacial score (nSPS) is 14.5. The van der Waals surface area contributed by atoms with E-state index < -0.39 is 8.32 Å². The monoisotopic (exact) mass is 354 g/mol. The first-order valence-electron chi connectivity index (χ1n) is 8.80. The zero-order valence-electron chi connectivity index (χ0n) is 15.1. The van der Waals surface area contributed by atoms with Gasteiger partial charge in [-0.2, -0.15) is 0 Å². The molecule has 1 aliphatic heterocycles. The molecule has 0 fully saturated rings. The Morgan fingerprint density at radius 2 is 1.79 bits per heavy atom. The molecule has 0 aliphatic carbocycles. The van der Waals surface area contributed by atoms with Crippen LogP contribution in [0.25, 0.3) is 0 Å². The Kier molecular flexibility index (Phi) is 8.92. The fraction of sp³-hybridized carbons (Fsp3) is 0.706. The second-order valence-corrected chi connectivity index (χ2v) is 10.9. The molecule has 1 N–H and O–H groups in total. The van der Waals surface area contributed by atoms with Crippen molar-refractivity contribution < 1.29 is 18.8 Å². The van der Waals surface area contributed by atoms with Gasteiger partial charge in [-0.25, -0.2) is 0 Å². The molecule has 0 saturated heterocycles. The highest BCUT2D eigenvalue weighted by molar-refractivity contribution is 6.71. The third-order valence-electron chi connectivity index (χ3n) is 4.00. The van der Waals surface area contributed by atoms with Crippen LogP contribution in [0.15, 0.2) is 12.2 Å². The van der Waals surface area contributed by atoms with Gasteiger partial charge in [0.05, 0.1) is 0 Å². The summed E-state index contributed by atoms with van der Waals surface area (Å²) in [6.45, 7) is 8.31. The fourth-order valence-corrected chi connectivity index (χ4v) is 4.63. The number of rotatable bonds is 12. The van der Waals surface area contributed by atoms with Crippen molar-refractivity contribution in [3.05, 3.63) is 12.2 Å². The average molecular weight is 355 g/mol. The van der Waals surface area contributed by atoms with Gasteiger partial charge in [0.2, 0.25) is 5.91 Å². The molecule has 1 rings (SSSR count). The summed E-state index contributed by atoms with van der Waals surface area (Å²) < 4.78 is 5.76. The van der Waals surface area contributed by atoms with E-state index >= 15 is 0 Å². The molecule has 0 atom stereocenters. The molecular formula is C17H30N2O4Si. The van der Waals surface area contributed by atoms with Crippen molar-refractivity contribution in [3.8, 4) is 0 Å². The zero-order chi connectivity index (χ0) is 18.0. The number of carbonyl (C=O) groups is 3. The molecule has 0 aromatic heterocycles. The fourth-order valence-electron chi connectivity index (χ4n) is 2.68. The lowest BCUT2D eigenvalue weighted by molar-refractivity contribution is -0.136. The van der Waals surface area contributed by atoms with Crippen molar-refractivity contribution >= 4 is 26.0 Å². The van der Waals surface area contributed by atoms with Crippen molar-refractivity contribution in [3.63, 3.8) is 0 Å². The summed E-state index contributed by atoms with van der Waals surface area (Å²) in [5, 5.41) is 2.94. The van der Waals surface area contributed by atoms with Gasteiger partial charge in [-0.05, 0) is 45.3 Å². The molecule has 0 unspecified atom stereocenters. The maximum atomic E-state index is 11.8. The largest absolute Gasteiger partial charge is 0.418 e. The van der Waals surface area contributed by atoms with Crippen LogP contribution in [0.2, 0.25) is 19.1 Å². The van der Waals surface area contributed by atoms with Gasteiger partial charge in [0.15, 0.2) is 8.32 Å². The third-order valence-corrected chi connectivity index (χ3v) is 6.63. The van der Waals surface area contributed by atoms with E-state index in [2.05, 4.69) is 18.4 Å². The summed E-state index contributed by atoms with van der Waals surface area (Å²) in [6, 6.07) is 1.05. The minimum Gasteiger partial charge on any atom is -0.418 e. The standard InChI is InChI=1S/C17H30N2O4Si/c1-4-23-24(2,3)14-8-12-18-15(20)9-6-5-7-13-19-16(21)10-11-17(19)22/h10-11H,4-9,12-14H2,1-3H3,(H,18,20). The van der Waals surface area contributed by atoms with Gasteiger partial charge in [-0.15, -0.1) is 0 Å². The Hall–Kier alpha value is -1.47. The third kappa shape index (κ3) is 7.87. The van der Waals surface area contributed by atoms with E-state index in [4.69, 9.17) is 4.43 Å². The number of hydrogen-bond donors (Lipinski definition) is 1. The lowest BCUT2D eigenvalue weighted by Gasteiger charge is -2.21. The van der Waals surface area contributed by atoms with Crippen molar-refractivity contribution in [1.29, 1.82) is 0 Å². The predicted octanol–water partition coefficient (Wildman–Crippen LogP) is 2.22. The van der Waals surface area contributed by atoms with Crippen LogP contribution in [0.4, 0.5) is 0 Å². The van der Waals surface area contributed by atoms with E-state index in [0.29, 0.717) is 19.5 Å². The molecule has 136 valence electrons. The van der Waals surface area contributed by atoms with E-state index in [9.17, 15) is 14.4 Å². The number of hydrogen-bond acceptors (Lipinski definition) is 4. The van der Waals surface area contributed by atoms with Gasteiger partial charge in [-0.1, -0.05) is 6.42 Å². The number of imide groups is 1. The maximum absolute atomic E-state index is 11.8. The second-order valence-electron chi connectivity index (χ2n) is 6.62. The molecule has 1 aliphatic rings. The number of amides is 3. The van der Waals surface area contributed by atoms with Crippen LogP contribution in [-0.2, 0) is 18.8 Å². The van der Waals surface area contributed by atoms with Crippen LogP contribution in [0.5, 0.6) is 0 Å². The molecule has 3 amide bonds.